The van der Waals surface area contributed by atoms with Crippen LogP contribution in [0.5, 0.6) is 0 Å². The van der Waals surface area contributed by atoms with Crippen molar-refractivity contribution in [2.75, 3.05) is 0 Å². The summed E-state index contributed by atoms with van der Waals surface area (Å²) >= 11 is 0. The van der Waals surface area contributed by atoms with Gasteiger partial charge in [-0.05, 0) is 44.1 Å². The minimum atomic E-state index is -0.602. The molecule has 0 aromatic heterocycles. The highest BCUT2D eigenvalue weighted by atomic mass is 16.6. The second-order valence-corrected chi connectivity index (χ2v) is 9.19. The Morgan fingerprint density at radius 3 is 2.31 bits per heavy atom. The van der Waals surface area contributed by atoms with Crippen LogP contribution in [0.4, 0.5) is 4.79 Å². The summed E-state index contributed by atoms with van der Waals surface area (Å²) in [7, 11) is 0. The maximum absolute atomic E-state index is 12.8. The Labute approximate surface area is 176 Å². The molecule has 3 rings (SSSR count). The van der Waals surface area contributed by atoms with Crippen LogP contribution in [0.3, 0.4) is 0 Å². The van der Waals surface area contributed by atoms with Crippen LogP contribution >= 0.6 is 0 Å². The smallest absolute Gasteiger partial charge is 0.410 e. The average molecular weight is 402 g/mol. The molecule has 0 aliphatic carbocycles. The summed E-state index contributed by atoms with van der Waals surface area (Å²) in [5, 5.41) is 11.2. The summed E-state index contributed by atoms with van der Waals surface area (Å²) < 4.78 is 5.62. The van der Waals surface area contributed by atoms with Crippen molar-refractivity contribution >= 4 is 6.09 Å². The van der Waals surface area contributed by atoms with Crippen LogP contribution < -0.4 is 0 Å². The van der Waals surface area contributed by atoms with E-state index in [-0.39, 0.29) is 18.2 Å². The van der Waals surface area contributed by atoms with Gasteiger partial charge in [-0.1, -0.05) is 82.2 Å². The van der Waals surface area contributed by atoms with Gasteiger partial charge >= 0.3 is 6.09 Å². The van der Waals surface area contributed by atoms with Crippen molar-refractivity contribution in [1.82, 2.24) is 4.90 Å². The van der Waals surface area contributed by atoms with E-state index in [1.165, 1.54) is 38.5 Å². The molecule has 0 spiro atoms. The first-order valence-electron chi connectivity index (χ1n) is 11.8. The number of hydrogen-bond acceptors (Lipinski definition) is 3. The molecule has 2 heterocycles. The molecule has 2 fully saturated rings. The third kappa shape index (κ3) is 6.47. The summed E-state index contributed by atoms with van der Waals surface area (Å²) in [5.41, 5.74) is 0.411. The molecule has 1 N–H and O–H groups in total. The summed E-state index contributed by atoms with van der Waals surface area (Å²) in [6.07, 6.45) is 14.1. The van der Waals surface area contributed by atoms with Crippen LogP contribution in [0.15, 0.2) is 30.3 Å². The van der Waals surface area contributed by atoms with Gasteiger partial charge in [-0.2, -0.15) is 0 Å². The fourth-order valence-electron chi connectivity index (χ4n) is 5.23. The van der Waals surface area contributed by atoms with Gasteiger partial charge in [0.1, 0.15) is 6.61 Å². The van der Waals surface area contributed by atoms with Crippen LogP contribution in [0.25, 0.3) is 0 Å². The molecule has 4 nitrogen and oxygen atoms in total. The molecule has 0 saturated carbocycles. The number of aliphatic hydroxyl groups is 1. The molecule has 2 saturated heterocycles. The minimum absolute atomic E-state index is 0.125. The fourth-order valence-corrected chi connectivity index (χ4v) is 5.23. The average Bonchev–Trinajstić information content (AvgIpc) is 2.71. The quantitative estimate of drug-likeness (QED) is 0.474. The summed E-state index contributed by atoms with van der Waals surface area (Å²) in [6.45, 7) is 2.56. The lowest BCUT2D eigenvalue weighted by atomic mass is 9.73. The van der Waals surface area contributed by atoms with Crippen LogP contribution in [0.2, 0.25) is 0 Å². The predicted octanol–water partition coefficient (Wildman–Crippen LogP) is 6.21. The fraction of sp³-hybridized carbons (Fsp3) is 0.720. The Kier molecular flexibility index (Phi) is 8.40. The molecule has 29 heavy (non-hydrogen) atoms. The maximum atomic E-state index is 12.8. The Bertz CT molecular complexity index is 604. The number of piperidine rings is 2. The van der Waals surface area contributed by atoms with E-state index in [4.69, 9.17) is 4.74 Å². The highest BCUT2D eigenvalue weighted by molar-refractivity contribution is 5.69. The lowest BCUT2D eigenvalue weighted by Crippen LogP contribution is -2.59. The molecule has 2 aliphatic rings. The third-order valence-corrected chi connectivity index (χ3v) is 6.75. The van der Waals surface area contributed by atoms with Crippen molar-refractivity contribution in [2.24, 2.45) is 0 Å². The lowest BCUT2D eigenvalue weighted by Gasteiger charge is -2.51. The summed E-state index contributed by atoms with van der Waals surface area (Å²) in [4.78, 5) is 14.8. The standard InChI is InChI=1S/C25H39NO3/c1-2-3-4-5-6-7-11-17-25(28)18-22-15-12-16-23(19-25)26(22)24(27)29-20-21-13-9-8-10-14-21/h8-10,13-14,22-23,28H,2-7,11-12,15-20H2,1H3. The number of amides is 1. The number of hydrogen-bond donors (Lipinski definition) is 1. The SMILES string of the molecule is CCCCCCCCCC1(O)CC2CCCC(C1)N2C(=O)OCc1ccccc1. The molecule has 2 aliphatic heterocycles. The minimum Gasteiger partial charge on any atom is -0.445 e. The van der Waals surface area contributed by atoms with Gasteiger partial charge in [-0.25, -0.2) is 4.79 Å². The van der Waals surface area contributed by atoms with Gasteiger partial charge in [0.2, 0.25) is 0 Å². The topological polar surface area (TPSA) is 49.8 Å². The van der Waals surface area contributed by atoms with E-state index in [9.17, 15) is 9.90 Å². The number of unbranched alkanes of at least 4 members (excludes halogenated alkanes) is 6. The molecule has 162 valence electrons. The van der Waals surface area contributed by atoms with Gasteiger partial charge in [0, 0.05) is 12.1 Å². The van der Waals surface area contributed by atoms with E-state index >= 15 is 0 Å². The number of carbonyl (C=O) groups is 1. The van der Waals surface area contributed by atoms with Gasteiger partial charge in [0.05, 0.1) is 5.60 Å². The molecule has 2 unspecified atom stereocenters. The second-order valence-electron chi connectivity index (χ2n) is 9.19. The van der Waals surface area contributed by atoms with Crippen molar-refractivity contribution in [3.05, 3.63) is 35.9 Å². The molecule has 1 aromatic carbocycles. The molecule has 1 aromatic rings. The zero-order chi connectivity index (χ0) is 20.5. The number of carbonyl (C=O) groups excluding carboxylic acids is 1. The Balaban J connectivity index is 1.46. The first kappa shape index (κ1) is 22.1. The number of rotatable bonds is 10. The monoisotopic (exact) mass is 401 g/mol. The highest BCUT2D eigenvalue weighted by Crippen LogP contribution is 2.41. The Morgan fingerprint density at radius 2 is 1.66 bits per heavy atom. The number of ether oxygens (including phenoxy) is 1. The van der Waals surface area contributed by atoms with Gasteiger partial charge in [-0.3, -0.25) is 0 Å². The van der Waals surface area contributed by atoms with Crippen LogP contribution in [0.1, 0.15) is 96.0 Å². The van der Waals surface area contributed by atoms with Gasteiger partial charge in [0.25, 0.3) is 0 Å². The van der Waals surface area contributed by atoms with Crippen molar-refractivity contribution < 1.29 is 14.6 Å². The first-order valence-corrected chi connectivity index (χ1v) is 11.8. The van der Waals surface area contributed by atoms with Crippen LogP contribution in [-0.2, 0) is 11.3 Å². The number of nitrogens with zero attached hydrogens (tertiary/aromatic N) is 1. The number of fused-ring (bicyclic) bond motifs is 2. The van der Waals surface area contributed by atoms with E-state index in [0.717, 1.165) is 37.7 Å². The van der Waals surface area contributed by atoms with Crippen molar-refractivity contribution in [1.29, 1.82) is 0 Å². The normalized spacial score (nSPS) is 26.3. The van der Waals surface area contributed by atoms with E-state index in [1.807, 2.05) is 35.2 Å². The van der Waals surface area contributed by atoms with E-state index in [2.05, 4.69) is 6.92 Å². The van der Waals surface area contributed by atoms with Crippen molar-refractivity contribution in [3.8, 4) is 0 Å². The van der Waals surface area contributed by atoms with Crippen molar-refractivity contribution in [2.45, 2.75) is 115 Å². The maximum Gasteiger partial charge on any atom is 0.410 e. The number of benzene rings is 1. The molecular weight excluding hydrogens is 362 g/mol. The third-order valence-electron chi connectivity index (χ3n) is 6.75. The zero-order valence-corrected chi connectivity index (χ0v) is 18.2. The molecular formula is C25H39NO3. The molecule has 0 radical (unpaired) electrons. The Morgan fingerprint density at radius 1 is 1.03 bits per heavy atom. The zero-order valence-electron chi connectivity index (χ0n) is 18.2. The lowest BCUT2D eigenvalue weighted by molar-refractivity contribution is -0.0899. The van der Waals surface area contributed by atoms with Gasteiger partial charge < -0.3 is 14.7 Å². The first-order chi connectivity index (χ1) is 14.1. The van der Waals surface area contributed by atoms with E-state index in [0.29, 0.717) is 19.4 Å². The highest BCUT2D eigenvalue weighted by Gasteiger charge is 2.47. The molecule has 1 amide bonds. The van der Waals surface area contributed by atoms with E-state index < -0.39 is 5.60 Å². The second kappa shape index (κ2) is 11.0. The van der Waals surface area contributed by atoms with E-state index in [1.54, 1.807) is 0 Å². The van der Waals surface area contributed by atoms with Crippen LogP contribution in [-0.4, -0.2) is 33.8 Å². The van der Waals surface area contributed by atoms with Gasteiger partial charge in [0.15, 0.2) is 0 Å². The molecule has 2 atom stereocenters. The van der Waals surface area contributed by atoms with Crippen LogP contribution in [0, 0.1) is 0 Å². The summed E-state index contributed by atoms with van der Waals surface area (Å²) in [5.74, 6) is 0. The van der Waals surface area contributed by atoms with Crippen molar-refractivity contribution in [3.63, 3.8) is 0 Å². The Hall–Kier alpha value is -1.55. The molecule has 2 bridgehead atoms. The molecule has 4 heteroatoms. The summed E-state index contributed by atoms with van der Waals surface area (Å²) in [6, 6.07) is 10.1. The largest absolute Gasteiger partial charge is 0.445 e. The van der Waals surface area contributed by atoms with Gasteiger partial charge in [-0.15, -0.1) is 0 Å². The predicted molar refractivity (Wildman–Crippen MR) is 117 cm³/mol.